The molecule has 158 valence electrons. The zero-order valence-corrected chi connectivity index (χ0v) is 19.4. The molecule has 4 fully saturated rings. The van der Waals surface area contributed by atoms with Crippen LogP contribution in [0, 0.1) is 44.8 Å². The first-order chi connectivity index (χ1) is 13.0. The van der Waals surface area contributed by atoms with Crippen LogP contribution in [0.1, 0.15) is 106 Å². The van der Waals surface area contributed by atoms with Crippen molar-refractivity contribution in [1.29, 1.82) is 0 Å². The number of allylic oxidation sites excluding steroid dienone is 2. The lowest BCUT2D eigenvalue weighted by Gasteiger charge is -2.72. The number of fused-ring (bicyclic) bond motifs is 7. The van der Waals surface area contributed by atoms with Gasteiger partial charge in [-0.05, 0) is 109 Å². The molecule has 28 heavy (non-hydrogen) atoms. The van der Waals surface area contributed by atoms with Gasteiger partial charge in [-0.1, -0.05) is 53.2 Å². The molecule has 8 atom stereocenters. The minimum absolute atomic E-state index is 0.0746. The molecular weight excluding hydrogens is 340 g/mol. The lowest BCUT2D eigenvalue weighted by Crippen LogP contribution is -2.65. The van der Waals surface area contributed by atoms with Gasteiger partial charge >= 0.3 is 0 Å². The van der Waals surface area contributed by atoms with Gasteiger partial charge in [0.05, 0.1) is 6.10 Å². The van der Waals surface area contributed by atoms with Crippen LogP contribution in [-0.4, -0.2) is 11.2 Å². The molecule has 0 heterocycles. The molecule has 5 rings (SSSR count). The number of rotatable bonds is 0. The molecule has 4 saturated carbocycles. The third-order valence-electron chi connectivity index (χ3n) is 12.2. The average molecular weight is 385 g/mol. The molecule has 1 N–H and O–H groups in total. The quantitative estimate of drug-likeness (QED) is 0.440. The molecule has 0 radical (unpaired) electrons. The third kappa shape index (κ3) is 2.13. The van der Waals surface area contributed by atoms with Gasteiger partial charge in [0.1, 0.15) is 0 Å². The summed E-state index contributed by atoms with van der Waals surface area (Å²) in [5.74, 6) is 2.34. The molecule has 0 amide bonds. The maximum atomic E-state index is 10.8. The first kappa shape index (κ1) is 19.7. The Kier molecular flexibility index (Phi) is 3.99. The number of aliphatic hydroxyl groups excluding tert-OH is 1. The predicted octanol–water partition coefficient (Wildman–Crippen LogP) is 7.14. The van der Waals surface area contributed by atoms with Crippen LogP contribution in [0.15, 0.2) is 11.6 Å². The van der Waals surface area contributed by atoms with Crippen LogP contribution in [0.2, 0.25) is 0 Å². The number of hydrogen-bond acceptors (Lipinski definition) is 1. The molecule has 0 aromatic heterocycles. The highest BCUT2D eigenvalue weighted by Gasteiger charge is 2.68. The minimum Gasteiger partial charge on any atom is -0.393 e. The molecular formula is C27H44O. The molecule has 0 aliphatic heterocycles. The third-order valence-corrected chi connectivity index (χ3v) is 12.2. The van der Waals surface area contributed by atoms with E-state index < -0.39 is 0 Å². The van der Waals surface area contributed by atoms with Crippen molar-refractivity contribution in [2.45, 2.75) is 112 Å². The van der Waals surface area contributed by atoms with Crippen molar-refractivity contribution in [3.05, 3.63) is 11.6 Å². The fourth-order valence-corrected chi connectivity index (χ4v) is 10.2. The monoisotopic (exact) mass is 384 g/mol. The van der Waals surface area contributed by atoms with Gasteiger partial charge in [-0.3, -0.25) is 0 Å². The molecule has 0 spiro atoms. The van der Waals surface area contributed by atoms with E-state index in [4.69, 9.17) is 0 Å². The highest BCUT2D eigenvalue weighted by molar-refractivity contribution is 5.31. The van der Waals surface area contributed by atoms with E-state index >= 15 is 0 Å². The Bertz CT molecular complexity index is 705. The minimum atomic E-state index is -0.110. The van der Waals surface area contributed by atoms with Gasteiger partial charge in [0.2, 0.25) is 0 Å². The van der Waals surface area contributed by atoms with E-state index in [1.807, 2.05) is 5.57 Å². The lowest BCUT2D eigenvalue weighted by molar-refractivity contribution is -0.228. The molecule has 1 nitrogen and oxygen atoms in total. The van der Waals surface area contributed by atoms with Gasteiger partial charge in [-0.15, -0.1) is 0 Å². The van der Waals surface area contributed by atoms with Crippen molar-refractivity contribution in [3.63, 3.8) is 0 Å². The molecule has 0 aromatic rings. The second kappa shape index (κ2) is 5.68. The van der Waals surface area contributed by atoms with Crippen LogP contribution in [0.4, 0.5) is 0 Å². The average Bonchev–Trinajstić information content (AvgIpc) is 3.01. The van der Waals surface area contributed by atoms with Gasteiger partial charge < -0.3 is 5.11 Å². The highest BCUT2D eigenvalue weighted by atomic mass is 16.3. The van der Waals surface area contributed by atoms with Crippen LogP contribution in [-0.2, 0) is 0 Å². The Labute approximate surface area is 173 Å². The highest BCUT2D eigenvalue weighted by Crippen LogP contribution is 2.76. The van der Waals surface area contributed by atoms with E-state index in [1.165, 1.54) is 57.8 Å². The van der Waals surface area contributed by atoms with Crippen molar-refractivity contribution >= 4 is 0 Å². The zero-order chi connectivity index (χ0) is 20.2. The summed E-state index contributed by atoms with van der Waals surface area (Å²) in [5.41, 5.74) is 3.81. The van der Waals surface area contributed by atoms with Crippen molar-refractivity contribution in [1.82, 2.24) is 0 Å². The normalized spacial score (nSPS) is 57.5. The standard InChI is InChI=1S/C27H44O/c1-23(2)20-11-15-27(6)21(25(20,4)14-12-22(23)28)10-9-19-18-8-7-13-24(18,3)16-17-26(19,27)5/h8,19-22,28H,7,9-17H2,1-6H3/t19-,20+,21-,22+,24-,25+,26-,27-/m1/s1. The fourth-order valence-electron chi connectivity index (χ4n) is 10.2. The van der Waals surface area contributed by atoms with Gasteiger partial charge in [0.25, 0.3) is 0 Å². The Morgan fingerprint density at radius 3 is 2.25 bits per heavy atom. The molecule has 0 saturated heterocycles. The van der Waals surface area contributed by atoms with E-state index in [2.05, 4.69) is 47.6 Å². The maximum Gasteiger partial charge on any atom is 0.0594 e. The smallest absolute Gasteiger partial charge is 0.0594 e. The van der Waals surface area contributed by atoms with E-state index in [9.17, 15) is 5.11 Å². The van der Waals surface area contributed by atoms with E-state index in [-0.39, 0.29) is 11.5 Å². The first-order valence-corrected chi connectivity index (χ1v) is 12.4. The zero-order valence-electron chi connectivity index (χ0n) is 19.4. The summed E-state index contributed by atoms with van der Waals surface area (Å²) < 4.78 is 0. The molecule has 5 aliphatic rings. The van der Waals surface area contributed by atoms with Gasteiger partial charge in [-0.25, -0.2) is 0 Å². The van der Waals surface area contributed by atoms with Crippen LogP contribution >= 0.6 is 0 Å². The van der Waals surface area contributed by atoms with E-state index in [1.54, 1.807) is 0 Å². The van der Waals surface area contributed by atoms with Crippen molar-refractivity contribution in [2.24, 2.45) is 44.8 Å². The van der Waals surface area contributed by atoms with Gasteiger partial charge in [0, 0.05) is 0 Å². The van der Waals surface area contributed by atoms with Crippen LogP contribution in [0.5, 0.6) is 0 Å². The van der Waals surface area contributed by atoms with Gasteiger partial charge in [0.15, 0.2) is 0 Å². The molecule has 0 unspecified atom stereocenters. The Hall–Kier alpha value is -0.300. The summed E-state index contributed by atoms with van der Waals surface area (Å²) in [6.07, 6.45) is 15.9. The summed E-state index contributed by atoms with van der Waals surface area (Å²) in [6.45, 7) is 15.4. The number of aliphatic hydroxyl groups is 1. The largest absolute Gasteiger partial charge is 0.393 e. The predicted molar refractivity (Wildman–Crippen MR) is 117 cm³/mol. The van der Waals surface area contributed by atoms with Crippen molar-refractivity contribution < 1.29 is 5.11 Å². The fraction of sp³-hybridized carbons (Fsp3) is 0.926. The Morgan fingerprint density at radius 1 is 0.750 bits per heavy atom. The topological polar surface area (TPSA) is 20.2 Å². The molecule has 0 bridgehead atoms. The molecule has 5 aliphatic carbocycles. The molecule has 0 aromatic carbocycles. The van der Waals surface area contributed by atoms with Crippen molar-refractivity contribution in [3.8, 4) is 0 Å². The summed E-state index contributed by atoms with van der Waals surface area (Å²) in [7, 11) is 0. The van der Waals surface area contributed by atoms with Crippen molar-refractivity contribution in [2.75, 3.05) is 0 Å². The SMILES string of the molecule is CC1(C)[C@@H](O)CC[C@]2(C)[C@H]3CC[C@@H]4C5=CCC[C@]5(C)CC[C@@]4(C)[C@]3(C)CC[C@@H]12. The van der Waals surface area contributed by atoms with Crippen LogP contribution < -0.4 is 0 Å². The summed E-state index contributed by atoms with van der Waals surface area (Å²) in [6, 6.07) is 0. The summed E-state index contributed by atoms with van der Waals surface area (Å²) in [4.78, 5) is 0. The maximum absolute atomic E-state index is 10.8. The lowest BCUT2D eigenvalue weighted by atomic mass is 9.33. The second-order valence-corrected chi connectivity index (χ2v) is 13.2. The van der Waals surface area contributed by atoms with E-state index in [0.717, 1.165) is 18.3 Å². The van der Waals surface area contributed by atoms with Crippen LogP contribution in [0.3, 0.4) is 0 Å². The molecule has 1 heteroatoms. The summed E-state index contributed by atoms with van der Waals surface area (Å²) >= 11 is 0. The summed E-state index contributed by atoms with van der Waals surface area (Å²) in [5, 5.41) is 10.8. The van der Waals surface area contributed by atoms with Crippen LogP contribution in [0.25, 0.3) is 0 Å². The van der Waals surface area contributed by atoms with E-state index in [0.29, 0.717) is 27.6 Å². The second-order valence-electron chi connectivity index (χ2n) is 13.2. The first-order valence-electron chi connectivity index (χ1n) is 12.4. The van der Waals surface area contributed by atoms with Gasteiger partial charge in [-0.2, -0.15) is 0 Å². The Morgan fingerprint density at radius 2 is 1.50 bits per heavy atom. The Balaban J connectivity index is 1.55. The number of hydrogen-bond donors (Lipinski definition) is 1.